The summed E-state index contributed by atoms with van der Waals surface area (Å²) in [7, 11) is 0. The molecule has 0 N–H and O–H groups in total. The average molecular weight is 322 g/mol. The van der Waals surface area contributed by atoms with E-state index in [1.54, 1.807) is 0 Å². The highest BCUT2D eigenvalue weighted by Crippen LogP contribution is 1.94. The Balaban J connectivity index is 3.36. The molecule has 130 valence electrons. The third-order valence-electron chi connectivity index (χ3n) is 2.36. The molecule has 0 saturated carbocycles. The first-order chi connectivity index (χ1) is 10.7. The van der Waals surface area contributed by atoms with E-state index in [9.17, 15) is 9.59 Å². The van der Waals surface area contributed by atoms with Gasteiger partial charge < -0.3 is 18.9 Å². The monoisotopic (exact) mass is 322 g/mol. The zero-order valence-electron chi connectivity index (χ0n) is 13.3. The molecule has 0 heterocycles. The Morgan fingerprint density at radius 3 is 1.41 bits per heavy atom. The molecule has 8 heteroatoms. The van der Waals surface area contributed by atoms with E-state index < -0.39 is 12.3 Å². The maximum absolute atomic E-state index is 11.0. The van der Waals surface area contributed by atoms with Gasteiger partial charge in [0.05, 0.1) is 13.2 Å². The predicted octanol–water partition coefficient (Wildman–Crippen LogP) is 2.84. The van der Waals surface area contributed by atoms with Gasteiger partial charge in [-0.3, -0.25) is 0 Å². The quantitative estimate of drug-likeness (QED) is 0.234. The van der Waals surface area contributed by atoms with Crippen LogP contribution in [0, 0.1) is 0 Å². The molecule has 0 saturated heterocycles. The molecule has 0 atom stereocenters. The second-order valence-corrected chi connectivity index (χ2v) is 4.30. The van der Waals surface area contributed by atoms with E-state index in [0.717, 1.165) is 25.7 Å². The van der Waals surface area contributed by atoms with E-state index in [1.807, 2.05) is 13.8 Å². The van der Waals surface area contributed by atoms with Gasteiger partial charge in [-0.05, 0) is 12.8 Å². The number of unbranched alkanes of at least 4 members (excludes halogenated alkanes) is 2. The molecule has 0 bridgehead atoms. The lowest BCUT2D eigenvalue weighted by Crippen LogP contribution is -2.17. The summed E-state index contributed by atoms with van der Waals surface area (Å²) < 4.78 is 19.5. The standard InChI is InChI=1S/C14H26O8/c1-3-5-7-17-9-11-19-13(15)21-22-14(16)20-12-10-18-8-6-4-2/h3-12H2,1-2H3. The van der Waals surface area contributed by atoms with E-state index in [4.69, 9.17) is 9.47 Å². The van der Waals surface area contributed by atoms with Gasteiger partial charge in [0.1, 0.15) is 13.2 Å². The second-order valence-electron chi connectivity index (χ2n) is 4.30. The van der Waals surface area contributed by atoms with E-state index >= 15 is 0 Å². The Hall–Kier alpha value is -1.54. The molecule has 8 nitrogen and oxygen atoms in total. The van der Waals surface area contributed by atoms with E-state index in [2.05, 4.69) is 19.2 Å². The first-order valence-electron chi connectivity index (χ1n) is 7.54. The topological polar surface area (TPSA) is 89.5 Å². The minimum Gasteiger partial charge on any atom is -0.429 e. The third-order valence-corrected chi connectivity index (χ3v) is 2.36. The lowest BCUT2D eigenvalue weighted by Gasteiger charge is -2.06. The number of carbonyl (C=O) groups excluding carboxylic acids is 2. The summed E-state index contributed by atoms with van der Waals surface area (Å²) in [4.78, 5) is 30.2. The van der Waals surface area contributed by atoms with Crippen LogP contribution in [0.15, 0.2) is 0 Å². The zero-order valence-corrected chi connectivity index (χ0v) is 13.3. The van der Waals surface area contributed by atoms with Crippen molar-refractivity contribution in [1.82, 2.24) is 0 Å². The molecule has 0 aliphatic heterocycles. The Morgan fingerprint density at radius 2 is 1.05 bits per heavy atom. The van der Waals surface area contributed by atoms with Gasteiger partial charge in [-0.1, -0.05) is 26.7 Å². The van der Waals surface area contributed by atoms with Gasteiger partial charge in [0.15, 0.2) is 0 Å². The molecule has 0 radical (unpaired) electrons. The van der Waals surface area contributed by atoms with Crippen molar-refractivity contribution < 1.29 is 38.3 Å². The summed E-state index contributed by atoms with van der Waals surface area (Å²) in [5, 5.41) is 0. The molecule has 0 aromatic rings. The minimum absolute atomic E-state index is 0.0201. The van der Waals surface area contributed by atoms with E-state index in [1.165, 1.54) is 0 Å². The smallest absolute Gasteiger partial charge is 0.429 e. The van der Waals surface area contributed by atoms with Crippen LogP contribution in [0.2, 0.25) is 0 Å². The van der Waals surface area contributed by atoms with Crippen molar-refractivity contribution in [2.24, 2.45) is 0 Å². The van der Waals surface area contributed by atoms with Crippen molar-refractivity contribution in [3.05, 3.63) is 0 Å². The second kappa shape index (κ2) is 15.8. The van der Waals surface area contributed by atoms with Crippen molar-refractivity contribution in [1.29, 1.82) is 0 Å². The lowest BCUT2D eigenvalue weighted by molar-refractivity contribution is -0.219. The molecule has 0 unspecified atom stereocenters. The third kappa shape index (κ3) is 14.9. The van der Waals surface area contributed by atoms with Gasteiger partial charge in [-0.25, -0.2) is 0 Å². The molecule has 0 aliphatic carbocycles. The van der Waals surface area contributed by atoms with Crippen molar-refractivity contribution in [3.8, 4) is 0 Å². The SMILES string of the molecule is CCCCOCCOC(=O)OOC(=O)OCCOCCCC. The normalized spacial score (nSPS) is 10.1. The summed E-state index contributed by atoms with van der Waals surface area (Å²) >= 11 is 0. The molecule has 0 spiro atoms. The zero-order chi connectivity index (χ0) is 16.5. The summed E-state index contributed by atoms with van der Waals surface area (Å²) in [5.74, 6) is 0. The fourth-order valence-corrected chi connectivity index (χ4v) is 1.18. The molecule has 0 fully saturated rings. The van der Waals surface area contributed by atoms with Crippen molar-refractivity contribution in [2.45, 2.75) is 39.5 Å². The fraction of sp³-hybridized carbons (Fsp3) is 0.857. The highest BCUT2D eigenvalue weighted by molar-refractivity contribution is 5.63. The van der Waals surface area contributed by atoms with E-state index in [-0.39, 0.29) is 26.4 Å². The number of rotatable bonds is 12. The highest BCUT2D eigenvalue weighted by atomic mass is 17.3. The van der Waals surface area contributed by atoms with Crippen molar-refractivity contribution >= 4 is 12.3 Å². The van der Waals surface area contributed by atoms with Crippen LogP contribution in [0.5, 0.6) is 0 Å². The molecule has 0 aliphatic rings. The maximum Gasteiger partial charge on any atom is 0.550 e. The average Bonchev–Trinajstić information content (AvgIpc) is 2.52. The predicted molar refractivity (Wildman–Crippen MR) is 76.3 cm³/mol. The van der Waals surface area contributed by atoms with Gasteiger partial charge in [-0.2, -0.15) is 19.4 Å². The lowest BCUT2D eigenvalue weighted by atomic mass is 10.4. The largest absolute Gasteiger partial charge is 0.550 e. The minimum atomic E-state index is -1.13. The first kappa shape index (κ1) is 20.5. The maximum atomic E-state index is 11.0. The van der Waals surface area contributed by atoms with Crippen LogP contribution in [-0.4, -0.2) is 52.0 Å². The highest BCUT2D eigenvalue weighted by Gasteiger charge is 2.11. The Bertz CT molecular complexity index is 254. The Labute approximate surface area is 130 Å². The molecular weight excluding hydrogens is 296 g/mol. The van der Waals surface area contributed by atoms with Crippen LogP contribution in [0.4, 0.5) is 9.59 Å². The molecule has 22 heavy (non-hydrogen) atoms. The number of carbonyl (C=O) groups is 2. The Kier molecular flexibility index (Phi) is 14.7. The van der Waals surface area contributed by atoms with Gasteiger partial charge in [0.25, 0.3) is 0 Å². The summed E-state index contributed by atoms with van der Waals surface area (Å²) in [6, 6.07) is 0. The molecule has 0 aromatic heterocycles. The van der Waals surface area contributed by atoms with Gasteiger partial charge in [0.2, 0.25) is 0 Å². The van der Waals surface area contributed by atoms with Gasteiger partial charge in [0, 0.05) is 13.2 Å². The Morgan fingerprint density at radius 1 is 0.636 bits per heavy atom. The summed E-state index contributed by atoms with van der Waals surface area (Å²) in [5.41, 5.74) is 0. The first-order valence-corrected chi connectivity index (χ1v) is 7.54. The molecule has 0 rings (SSSR count). The summed E-state index contributed by atoms with van der Waals surface area (Å²) in [6.45, 7) is 5.87. The number of hydrogen-bond donors (Lipinski definition) is 0. The van der Waals surface area contributed by atoms with Gasteiger partial charge in [-0.15, -0.1) is 0 Å². The summed E-state index contributed by atoms with van der Waals surface area (Å²) in [6.07, 6.45) is 1.69. The number of hydrogen-bond acceptors (Lipinski definition) is 8. The molecular formula is C14H26O8. The van der Waals surface area contributed by atoms with Crippen molar-refractivity contribution in [3.63, 3.8) is 0 Å². The van der Waals surface area contributed by atoms with Crippen LogP contribution < -0.4 is 0 Å². The van der Waals surface area contributed by atoms with Crippen LogP contribution in [0.25, 0.3) is 0 Å². The van der Waals surface area contributed by atoms with Crippen LogP contribution in [0.3, 0.4) is 0 Å². The molecule has 0 aromatic carbocycles. The van der Waals surface area contributed by atoms with Gasteiger partial charge >= 0.3 is 12.3 Å². The van der Waals surface area contributed by atoms with Crippen LogP contribution in [-0.2, 0) is 28.7 Å². The number of ether oxygens (including phenoxy) is 4. The van der Waals surface area contributed by atoms with Crippen molar-refractivity contribution in [2.75, 3.05) is 39.6 Å². The fourth-order valence-electron chi connectivity index (χ4n) is 1.18. The van der Waals surface area contributed by atoms with Crippen LogP contribution in [0.1, 0.15) is 39.5 Å². The molecule has 0 amide bonds. The van der Waals surface area contributed by atoms with E-state index in [0.29, 0.717) is 13.2 Å². The van der Waals surface area contributed by atoms with Crippen LogP contribution >= 0.6 is 0 Å².